The van der Waals surface area contributed by atoms with Gasteiger partial charge in [0.2, 0.25) is 0 Å². The van der Waals surface area contributed by atoms with E-state index in [0.717, 1.165) is 12.3 Å². The van der Waals surface area contributed by atoms with Crippen LogP contribution in [-0.2, 0) is 0 Å². The molecule has 0 spiro atoms. The van der Waals surface area contributed by atoms with Crippen LogP contribution in [0, 0.1) is 0 Å². The van der Waals surface area contributed by atoms with Crippen LogP contribution in [-0.4, -0.2) is 13.7 Å². The van der Waals surface area contributed by atoms with Crippen LogP contribution in [0.1, 0.15) is 96.8 Å². The van der Waals surface area contributed by atoms with Gasteiger partial charge in [-0.05, 0) is 56.4 Å². The van der Waals surface area contributed by atoms with Crippen molar-refractivity contribution < 1.29 is 4.74 Å². The lowest BCUT2D eigenvalue weighted by molar-refractivity contribution is 0.415. The van der Waals surface area contributed by atoms with E-state index in [1.165, 1.54) is 95.6 Å². The van der Waals surface area contributed by atoms with Crippen molar-refractivity contribution in [3.05, 3.63) is 36.4 Å². The Morgan fingerprint density at radius 1 is 0.704 bits per heavy atom. The fraction of sp³-hybridized carbons (Fsp3) is 0.680. The van der Waals surface area contributed by atoms with Crippen molar-refractivity contribution in [2.75, 3.05) is 19.0 Å². The molecule has 0 atom stereocenters. The predicted molar refractivity (Wildman–Crippen MR) is 121 cm³/mol. The molecule has 154 valence electrons. The highest BCUT2D eigenvalue weighted by molar-refractivity contribution is 5.46. The molecule has 0 aromatic heterocycles. The highest BCUT2D eigenvalue weighted by atomic mass is 16.5. The third kappa shape index (κ3) is 14.3. The normalized spacial score (nSPS) is 11.2. The number of allylic oxidation sites excluding steroid dienone is 2. The first-order valence-electron chi connectivity index (χ1n) is 11.4. The SMILES string of the molecule is CCCCCCCCC=CCCCCCCCCNc1ccc(OC)cc1. The van der Waals surface area contributed by atoms with E-state index in [1.54, 1.807) is 7.11 Å². The molecular formula is C25H43NO. The van der Waals surface area contributed by atoms with Crippen LogP contribution < -0.4 is 10.1 Å². The summed E-state index contributed by atoms with van der Waals surface area (Å²) in [4.78, 5) is 0. The first kappa shape index (κ1) is 23.6. The van der Waals surface area contributed by atoms with Crippen molar-refractivity contribution in [2.24, 2.45) is 0 Å². The Balaban J connectivity index is 1.80. The number of anilines is 1. The Morgan fingerprint density at radius 3 is 1.78 bits per heavy atom. The minimum Gasteiger partial charge on any atom is -0.497 e. The second kappa shape index (κ2) is 17.9. The molecule has 0 bridgehead atoms. The summed E-state index contributed by atoms with van der Waals surface area (Å²) in [5.74, 6) is 0.915. The van der Waals surface area contributed by atoms with Gasteiger partial charge in [-0.3, -0.25) is 0 Å². The number of methoxy groups -OCH3 is 1. The number of hydrogen-bond acceptors (Lipinski definition) is 2. The Bertz CT molecular complexity index is 452. The summed E-state index contributed by atoms with van der Waals surface area (Å²) < 4.78 is 5.18. The molecule has 0 aliphatic heterocycles. The predicted octanol–water partition coefficient (Wildman–Crippen LogP) is 8.14. The van der Waals surface area contributed by atoms with Gasteiger partial charge in [0, 0.05) is 12.2 Å². The lowest BCUT2D eigenvalue weighted by atomic mass is 10.1. The molecule has 0 saturated heterocycles. The standard InChI is InChI=1S/C25H43NO/c1-3-4-5-6-7-8-9-10-11-12-13-14-15-16-17-18-23-26-24-19-21-25(27-2)22-20-24/h10-11,19-22,26H,3-9,12-18,23H2,1-2H3. The molecule has 0 fully saturated rings. The molecule has 2 nitrogen and oxygen atoms in total. The molecule has 0 heterocycles. The molecule has 0 aliphatic rings. The number of unbranched alkanes of at least 4 members (excludes halogenated alkanes) is 12. The summed E-state index contributed by atoms with van der Waals surface area (Å²) in [6.07, 6.45) is 23.9. The molecule has 0 amide bonds. The van der Waals surface area contributed by atoms with E-state index in [1.807, 2.05) is 12.1 Å². The third-order valence-corrected chi connectivity index (χ3v) is 5.11. The quantitative estimate of drug-likeness (QED) is 0.207. The van der Waals surface area contributed by atoms with Crippen LogP contribution in [0.2, 0.25) is 0 Å². The summed E-state index contributed by atoms with van der Waals surface area (Å²) in [7, 11) is 1.70. The Labute approximate surface area is 168 Å². The Kier molecular flexibility index (Phi) is 15.7. The topological polar surface area (TPSA) is 21.3 Å². The van der Waals surface area contributed by atoms with Crippen molar-refractivity contribution in [3.63, 3.8) is 0 Å². The maximum Gasteiger partial charge on any atom is 0.119 e. The monoisotopic (exact) mass is 373 g/mol. The molecule has 0 unspecified atom stereocenters. The smallest absolute Gasteiger partial charge is 0.119 e. The van der Waals surface area contributed by atoms with Crippen LogP contribution in [0.4, 0.5) is 5.69 Å². The van der Waals surface area contributed by atoms with Crippen molar-refractivity contribution in [1.82, 2.24) is 0 Å². The molecule has 1 aromatic rings. The molecule has 1 rings (SSSR count). The summed E-state index contributed by atoms with van der Waals surface area (Å²) in [5, 5.41) is 3.48. The third-order valence-electron chi connectivity index (χ3n) is 5.11. The molecule has 0 aliphatic carbocycles. The number of benzene rings is 1. The number of rotatable bonds is 18. The fourth-order valence-electron chi connectivity index (χ4n) is 3.31. The Hall–Kier alpha value is -1.44. The summed E-state index contributed by atoms with van der Waals surface area (Å²) >= 11 is 0. The lowest BCUT2D eigenvalue weighted by Crippen LogP contribution is -2.01. The van der Waals surface area contributed by atoms with Gasteiger partial charge in [0.05, 0.1) is 7.11 Å². The minimum atomic E-state index is 0.915. The largest absolute Gasteiger partial charge is 0.497 e. The van der Waals surface area contributed by atoms with Gasteiger partial charge in [0.1, 0.15) is 5.75 Å². The number of hydrogen-bond donors (Lipinski definition) is 1. The average molecular weight is 374 g/mol. The van der Waals surface area contributed by atoms with Gasteiger partial charge in [-0.15, -0.1) is 0 Å². The summed E-state index contributed by atoms with van der Waals surface area (Å²) in [6, 6.07) is 8.17. The second-order valence-corrected chi connectivity index (χ2v) is 7.59. The average Bonchev–Trinajstić information content (AvgIpc) is 2.70. The lowest BCUT2D eigenvalue weighted by Gasteiger charge is -2.07. The highest BCUT2D eigenvalue weighted by Gasteiger charge is 1.95. The maximum absolute atomic E-state index is 5.18. The van der Waals surface area contributed by atoms with E-state index >= 15 is 0 Å². The van der Waals surface area contributed by atoms with E-state index < -0.39 is 0 Å². The second-order valence-electron chi connectivity index (χ2n) is 7.59. The molecule has 0 radical (unpaired) electrons. The number of ether oxygens (including phenoxy) is 1. The van der Waals surface area contributed by atoms with Crippen LogP contribution in [0.15, 0.2) is 36.4 Å². The molecule has 2 heteroatoms. The van der Waals surface area contributed by atoms with E-state index in [4.69, 9.17) is 4.74 Å². The molecular weight excluding hydrogens is 330 g/mol. The summed E-state index contributed by atoms with van der Waals surface area (Å²) in [6.45, 7) is 3.34. The van der Waals surface area contributed by atoms with Gasteiger partial charge >= 0.3 is 0 Å². The van der Waals surface area contributed by atoms with E-state index in [-0.39, 0.29) is 0 Å². The molecule has 1 N–H and O–H groups in total. The van der Waals surface area contributed by atoms with E-state index in [9.17, 15) is 0 Å². The van der Waals surface area contributed by atoms with Gasteiger partial charge in [-0.25, -0.2) is 0 Å². The zero-order valence-corrected chi connectivity index (χ0v) is 18.0. The fourth-order valence-corrected chi connectivity index (χ4v) is 3.31. The molecule has 1 aromatic carbocycles. The van der Waals surface area contributed by atoms with Crippen LogP contribution in [0.3, 0.4) is 0 Å². The highest BCUT2D eigenvalue weighted by Crippen LogP contribution is 2.15. The van der Waals surface area contributed by atoms with Crippen LogP contribution in [0.5, 0.6) is 5.75 Å². The molecule has 0 saturated carbocycles. The van der Waals surface area contributed by atoms with Gasteiger partial charge in [0.15, 0.2) is 0 Å². The van der Waals surface area contributed by atoms with E-state index in [0.29, 0.717) is 0 Å². The minimum absolute atomic E-state index is 0.915. The van der Waals surface area contributed by atoms with Crippen LogP contribution >= 0.6 is 0 Å². The van der Waals surface area contributed by atoms with Gasteiger partial charge in [-0.1, -0.05) is 76.9 Å². The first-order valence-corrected chi connectivity index (χ1v) is 11.4. The maximum atomic E-state index is 5.18. The zero-order chi connectivity index (χ0) is 19.4. The first-order chi connectivity index (χ1) is 13.4. The van der Waals surface area contributed by atoms with Crippen molar-refractivity contribution in [2.45, 2.75) is 96.8 Å². The van der Waals surface area contributed by atoms with Crippen molar-refractivity contribution >= 4 is 5.69 Å². The van der Waals surface area contributed by atoms with Gasteiger partial charge < -0.3 is 10.1 Å². The van der Waals surface area contributed by atoms with Gasteiger partial charge in [0.25, 0.3) is 0 Å². The summed E-state index contributed by atoms with van der Waals surface area (Å²) in [5.41, 5.74) is 1.18. The van der Waals surface area contributed by atoms with E-state index in [2.05, 4.69) is 36.5 Å². The van der Waals surface area contributed by atoms with Crippen molar-refractivity contribution in [3.8, 4) is 5.75 Å². The molecule has 27 heavy (non-hydrogen) atoms. The zero-order valence-electron chi connectivity index (χ0n) is 18.0. The van der Waals surface area contributed by atoms with Crippen LogP contribution in [0.25, 0.3) is 0 Å². The number of nitrogens with one attached hydrogen (secondary N) is 1. The van der Waals surface area contributed by atoms with Gasteiger partial charge in [-0.2, -0.15) is 0 Å². The Morgan fingerprint density at radius 2 is 1.22 bits per heavy atom. The van der Waals surface area contributed by atoms with Crippen molar-refractivity contribution in [1.29, 1.82) is 0 Å².